The molecule has 0 saturated carbocycles. The highest BCUT2D eigenvalue weighted by molar-refractivity contribution is 7.89. The molecule has 0 spiro atoms. The number of carboxylic acid groups (broad SMARTS) is 1. The van der Waals surface area contributed by atoms with Crippen LogP contribution < -0.4 is 9.46 Å². The molecule has 0 bridgehead atoms. The summed E-state index contributed by atoms with van der Waals surface area (Å²) in [6.07, 6.45) is 4.74. The van der Waals surface area contributed by atoms with Crippen LogP contribution in [0.5, 0.6) is 5.75 Å². The molecule has 0 saturated heterocycles. The Bertz CT molecular complexity index is 650. The third kappa shape index (κ3) is 3.87. The zero-order valence-corrected chi connectivity index (χ0v) is 12.0. The van der Waals surface area contributed by atoms with Gasteiger partial charge in [-0.05, 0) is 12.1 Å². The number of hydrogen-bond acceptors (Lipinski definition) is 4. The molecule has 0 heterocycles. The number of benzene rings is 1. The minimum absolute atomic E-state index is 0.00912. The molecule has 1 aromatic carbocycles. The van der Waals surface area contributed by atoms with E-state index in [1.165, 1.54) is 25.3 Å². The van der Waals surface area contributed by atoms with Crippen molar-refractivity contribution in [3.8, 4) is 18.1 Å². The second-order valence-corrected chi connectivity index (χ2v) is 5.83. The Morgan fingerprint density at radius 2 is 2.25 bits per heavy atom. The third-order valence-electron chi connectivity index (χ3n) is 2.33. The van der Waals surface area contributed by atoms with Gasteiger partial charge < -0.3 is 9.84 Å². The number of aliphatic carboxylic acids is 1. The number of terminal acetylenes is 1. The summed E-state index contributed by atoms with van der Waals surface area (Å²) in [4.78, 5) is 10.7. The van der Waals surface area contributed by atoms with Gasteiger partial charge in [0.2, 0.25) is 10.0 Å². The Balaban J connectivity index is 3.17. The van der Waals surface area contributed by atoms with Gasteiger partial charge in [0, 0.05) is 17.5 Å². The van der Waals surface area contributed by atoms with Crippen molar-refractivity contribution in [2.75, 3.05) is 7.11 Å². The summed E-state index contributed by atoms with van der Waals surface area (Å²) < 4.78 is 31.2. The number of sulfonamides is 1. The van der Waals surface area contributed by atoms with Crippen LogP contribution in [0.4, 0.5) is 0 Å². The second-order valence-electron chi connectivity index (χ2n) is 3.72. The molecular formula is C12H12ClNO5S. The molecule has 108 valence electrons. The predicted molar refractivity (Wildman–Crippen MR) is 73.2 cm³/mol. The van der Waals surface area contributed by atoms with Crippen LogP contribution in [0.3, 0.4) is 0 Å². The number of rotatable bonds is 6. The lowest BCUT2D eigenvalue weighted by Gasteiger charge is -2.14. The van der Waals surface area contributed by atoms with Crippen molar-refractivity contribution < 1.29 is 23.1 Å². The molecule has 20 heavy (non-hydrogen) atoms. The molecule has 0 aliphatic rings. The number of nitrogens with one attached hydrogen (secondary N) is 1. The van der Waals surface area contributed by atoms with E-state index in [2.05, 4.69) is 5.92 Å². The summed E-state index contributed by atoms with van der Waals surface area (Å²) in [5.74, 6) is 0.748. The van der Waals surface area contributed by atoms with Gasteiger partial charge in [-0.2, -0.15) is 4.72 Å². The van der Waals surface area contributed by atoms with E-state index in [-0.39, 0.29) is 17.1 Å². The van der Waals surface area contributed by atoms with Crippen molar-refractivity contribution in [3.63, 3.8) is 0 Å². The highest BCUT2D eigenvalue weighted by Crippen LogP contribution is 2.27. The molecule has 1 rings (SSSR count). The van der Waals surface area contributed by atoms with Crippen LogP contribution >= 0.6 is 11.6 Å². The minimum atomic E-state index is -4.10. The summed E-state index contributed by atoms with van der Waals surface area (Å²) in [6.45, 7) is 0. The van der Waals surface area contributed by atoms with Gasteiger partial charge in [-0.3, -0.25) is 4.79 Å². The van der Waals surface area contributed by atoms with Crippen molar-refractivity contribution in [2.24, 2.45) is 0 Å². The van der Waals surface area contributed by atoms with Crippen molar-refractivity contribution in [2.45, 2.75) is 17.4 Å². The van der Waals surface area contributed by atoms with E-state index in [4.69, 9.17) is 27.9 Å². The average molecular weight is 318 g/mol. The smallest absolute Gasteiger partial charge is 0.322 e. The topological polar surface area (TPSA) is 92.7 Å². The molecular weight excluding hydrogens is 306 g/mol. The maximum Gasteiger partial charge on any atom is 0.322 e. The van der Waals surface area contributed by atoms with Gasteiger partial charge in [-0.1, -0.05) is 11.6 Å². The van der Waals surface area contributed by atoms with Gasteiger partial charge in [-0.25, -0.2) is 8.42 Å². The van der Waals surface area contributed by atoms with Crippen LogP contribution in [-0.4, -0.2) is 32.6 Å². The number of ether oxygens (including phenoxy) is 1. The maximum absolute atomic E-state index is 12.1. The summed E-state index contributed by atoms with van der Waals surface area (Å²) in [5, 5.41) is 9.20. The molecule has 2 N–H and O–H groups in total. The monoisotopic (exact) mass is 317 g/mol. The Labute approximate surface area is 121 Å². The first-order chi connectivity index (χ1) is 9.31. The molecule has 0 aliphatic heterocycles. The average Bonchev–Trinajstić information content (AvgIpc) is 2.37. The van der Waals surface area contributed by atoms with E-state index < -0.39 is 22.0 Å². The van der Waals surface area contributed by atoms with Crippen molar-refractivity contribution in [1.82, 2.24) is 4.72 Å². The second kappa shape index (κ2) is 6.61. The van der Waals surface area contributed by atoms with E-state index in [0.717, 1.165) is 0 Å². The van der Waals surface area contributed by atoms with Gasteiger partial charge in [0.05, 0.1) is 7.11 Å². The van der Waals surface area contributed by atoms with Crippen LogP contribution in [0.25, 0.3) is 0 Å². The van der Waals surface area contributed by atoms with E-state index in [9.17, 15) is 13.2 Å². The fourth-order valence-electron chi connectivity index (χ4n) is 1.41. The Kier molecular flexibility index (Phi) is 5.39. The first kappa shape index (κ1) is 16.3. The van der Waals surface area contributed by atoms with Crippen LogP contribution in [0.1, 0.15) is 6.42 Å². The number of carbonyl (C=O) groups is 1. The summed E-state index contributed by atoms with van der Waals surface area (Å²) >= 11 is 5.74. The number of methoxy groups -OCH3 is 1. The first-order valence-electron chi connectivity index (χ1n) is 5.34. The molecule has 8 heteroatoms. The van der Waals surface area contributed by atoms with Crippen molar-refractivity contribution >= 4 is 27.6 Å². The fraction of sp³-hybridized carbons (Fsp3) is 0.250. The highest BCUT2D eigenvalue weighted by Gasteiger charge is 2.27. The van der Waals surface area contributed by atoms with Crippen LogP contribution in [0.2, 0.25) is 5.02 Å². The van der Waals surface area contributed by atoms with Crippen LogP contribution in [0, 0.1) is 12.3 Å². The SMILES string of the molecule is C#CCC(NS(=O)(=O)c1ccc(Cl)cc1OC)C(=O)O. The molecule has 0 amide bonds. The highest BCUT2D eigenvalue weighted by atomic mass is 35.5. The van der Waals surface area contributed by atoms with Crippen molar-refractivity contribution in [3.05, 3.63) is 23.2 Å². The largest absolute Gasteiger partial charge is 0.495 e. The van der Waals surface area contributed by atoms with Crippen molar-refractivity contribution in [1.29, 1.82) is 0 Å². The normalized spacial score (nSPS) is 12.4. The quantitative estimate of drug-likeness (QED) is 0.767. The zero-order valence-electron chi connectivity index (χ0n) is 10.5. The Morgan fingerprint density at radius 1 is 1.60 bits per heavy atom. The minimum Gasteiger partial charge on any atom is -0.495 e. The Hall–Kier alpha value is -1.75. The van der Waals surface area contributed by atoms with Crippen LogP contribution in [0.15, 0.2) is 23.1 Å². The standard InChI is InChI=1S/C12H12ClNO5S/c1-3-4-9(12(15)16)14-20(17,18)11-6-5-8(13)7-10(11)19-2/h1,5-7,9,14H,4H2,2H3,(H,15,16). The summed E-state index contributed by atoms with van der Waals surface area (Å²) in [7, 11) is -2.82. The van der Waals surface area contributed by atoms with Gasteiger partial charge in [0.1, 0.15) is 16.7 Å². The van der Waals surface area contributed by atoms with Gasteiger partial charge in [0.25, 0.3) is 0 Å². The van der Waals surface area contributed by atoms with Gasteiger partial charge >= 0.3 is 5.97 Å². The number of hydrogen-bond donors (Lipinski definition) is 2. The molecule has 0 aliphatic carbocycles. The summed E-state index contributed by atoms with van der Waals surface area (Å²) in [5.41, 5.74) is 0. The lowest BCUT2D eigenvalue weighted by molar-refractivity contribution is -0.138. The van der Waals surface area contributed by atoms with Gasteiger partial charge in [-0.15, -0.1) is 12.3 Å². The maximum atomic E-state index is 12.1. The molecule has 1 atom stereocenters. The molecule has 0 aromatic heterocycles. The molecule has 1 aromatic rings. The fourth-order valence-corrected chi connectivity index (χ4v) is 2.91. The lowest BCUT2D eigenvalue weighted by atomic mass is 10.2. The van der Waals surface area contributed by atoms with E-state index in [0.29, 0.717) is 5.02 Å². The van der Waals surface area contributed by atoms with E-state index in [1.807, 2.05) is 4.72 Å². The van der Waals surface area contributed by atoms with E-state index in [1.54, 1.807) is 0 Å². The molecule has 6 nitrogen and oxygen atoms in total. The lowest BCUT2D eigenvalue weighted by Crippen LogP contribution is -2.40. The first-order valence-corrected chi connectivity index (χ1v) is 7.20. The zero-order chi connectivity index (χ0) is 15.3. The molecule has 0 fully saturated rings. The number of carboxylic acids is 1. The predicted octanol–water partition coefficient (Wildman–Crippen LogP) is 1.10. The van der Waals surface area contributed by atoms with E-state index >= 15 is 0 Å². The van der Waals surface area contributed by atoms with Crippen LogP contribution in [-0.2, 0) is 14.8 Å². The summed E-state index contributed by atoms with van der Waals surface area (Å²) in [6, 6.07) is 2.48. The number of halogens is 1. The third-order valence-corrected chi connectivity index (χ3v) is 4.08. The molecule has 1 unspecified atom stereocenters. The molecule has 0 radical (unpaired) electrons. The van der Waals surface area contributed by atoms with Gasteiger partial charge in [0.15, 0.2) is 0 Å². The Morgan fingerprint density at radius 3 is 2.75 bits per heavy atom.